The Morgan fingerprint density at radius 3 is 1.81 bits per heavy atom. The first-order valence-corrected chi connectivity index (χ1v) is 6.85. The van der Waals surface area contributed by atoms with Crippen molar-refractivity contribution in [1.29, 1.82) is 0 Å². The summed E-state index contributed by atoms with van der Waals surface area (Å²) in [7, 11) is 0. The third kappa shape index (κ3) is 4.63. The van der Waals surface area contributed by atoms with E-state index in [0.717, 1.165) is 0 Å². The van der Waals surface area contributed by atoms with Crippen LogP contribution in [0.4, 0.5) is 0 Å². The van der Waals surface area contributed by atoms with E-state index >= 15 is 0 Å². The molecular weight excluding hydrogens is 212 g/mol. The molecule has 0 atom stereocenters. The van der Waals surface area contributed by atoms with Crippen molar-refractivity contribution in [1.82, 2.24) is 0 Å². The van der Waals surface area contributed by atoms with Crippen LogP contribution in [0.2, 0.25) is 0 Å². The lowest BCUT2D eigenvalue weighted by molar-refractivity contribution is 1.48. The van der Waals surface area contributed by atoms with Crippen LogP contribution in [-0.4, -0.2) is 0 Å². The molecule has 0 aliphatic heterocycles. The molecule has 0 saturated heterocycles. The van der Waals surface area contributed by atoms with Crippen molar-refractivity contribution in [3.63, 3.8) is 0 Å². The highest BCUT2D eigenvalue weighted by molar-refractivity contribution is 7.13. The second-order valence-electron chi connectivity index (χ2n) is 2.84. The molecule has 1 aromatic heterocycles. The van der Waals surface area contributed by atoms with Gasteiger partial charge in [-0.3, -0.25) is 0 Å². The van der Waals surface area contributed by atoms with Crippen LogP contribution in [0.25, 0.3) is 10.4 Å². The summed E-state index contributed by atoms with van der Waals surface area (Å²) in [6.45, 7) is 10.1. The average Bonchev–Trinajstić information content (AvgIpc) is 2.89. The SMILES string of the molecule is CC.CC.Cc1ccc(-c2cccs2)cc1. The molecule has 88 valence electrons. The maximum atomic E-state index is 2.17. The highest BCUT2D eigenvalue weighted by atomic mass is 32.1. The number of hydrogen-bond acceptors (Lipinski definition) is 1. The van der Waals surface area contributed by atoms with E-state index in [-0.39, 0.29) is 0 Å². The van der Waals surface area contributed by atoms with Gasteiger partial charge >= 0.3 is 0 Å². The minimum absolute atomic E-state index is 1.32. The van der Waals surface area contributed by atoms with Gasteiger partial charge in [-0.15, -0.1) is 11.3 Å². The van der Waals surface area contributed by atoms with Crippen LogP contribution < -0.4 is 0 Å². The Hall–Kier alpha value is -1.08. The fourth-order valence-corrected chi connectivity index (χ4v) is 1.89. The zero-order valence-corrected chi connectivity index (χ0v) is 11.8. The van der Waals surface area contributed by atoms with Gasteiger partial charge in [-0.25, -0.2) is 0 Å². The van der Waals surface area contributed by atoms with Gasteiger partial charge in [0.25, 0.3) is 0 Å². The molecule has 0 aliphatic carbocycles. The van der Waals surface area contributed by atoms with Gasteiger partial charge in [-0.1, -0.05) is 63.6 Å². The Bertz CT molecular complexity index is 343. The van der Waals surface area contributed by atoms with E-state index in [9.17, 15) is 0 Å². The molecule has 0 nitrogen and oxygen atoms in total. The second-order valence-corrected chi connectivity index (χ2v) is 3.79. The number of rotatable bonds is 1. The molecule has 1 aromatic carbocycles. The largest absolute Gasteiger partial charge is 0.144 e. The van der Waals surface area contributed by atoms with Crippen LogP contribution in [-0.2, 0) is 0 Å². The topological polar surface area (TPSA) is 0 Å². The lowest BCUT2D eigenvalue weighted by Gasteiger charge is -1.96. The molecule has 0 unspecified atom stereocenters. The first-order chi connectivity index (χ1) is 7.86. The Kier molecular flexibility index (Phi) is 8.55. The summed E-state index contributed by atoms with van der Waals surface area (Å²) in [6.07, 6.45) is 0. The minimum Gasteiger partial charge on any atom is -0.144 e. The summed E-state index contributed by atoms with van der Waals surface area (Å²) in [5, 5.41) is 2.11. The van der Waals surface area contributed by atoms with Gasteiger partial charge in [0, 0.05) is 4.88 Å². The standard InChI is InChI=1S/C11H10S.2C2H6/c1-9-4-6-10(7-5-9)11-3-2-8-12-11;2*1-2/h2-8H,1H3;2*1-2H3. The normalized spacial score (nSPS) is 8.31. The number of hydrogen-bond donors (Lipinski definition) is 0. The van der Waals surface area contributed by atoms with Crippen LogP contribution in [0, 0.1) is 6.92 Å². The lowest BCUT2D eigenvalue weighted by atomic mass is 10.1. The van der Waals surface area contributed by atoms with Crippen LogP contribution in [0.5, 0.6) is 0 Å². The maximum Gasteiger partial charge on any atom is 0.0342 e. The minimum atomic E-state index is 1.32. The van der Waals surface area contributed by atoms with Crippen molar-refractivity contribution < 1.29 is 0 Å². The maximum absolute atomic E-state index is 2.17. The van der Waals surface area contributed by atoms with E-state index in [1.165, 1.54) is 16.0 Å². The van der Waals surface area contributed by atoms with E-state index in [0.29, 0.717) is 0 Å². The van der Waals surface area contributed by atoms with E-state index in [1.54, 1.807) is 11.3 Å². The summed E-state index contributed by atoms with van der Waals surface area (Å²) in [5.41, 5.74) is 2.63. The summed E-state index contributed by atoms with van der Waals surface area (Å²) >= 11 is 1.78. The Balaban J connectivity index is 0.000000509. The summed E-state index contributed by atoms with van der Waals surface area (Å²) in [5.74, 6) is 0. The molecule has 0 aliphatic rings. The van der Waals surface area contributed by atoms with E-state index in [2.05, 4.69) is 48.7 Å². The van der Waals surface area contributed by atoms with Crippen molar-refractivity contribution in [2.75, 3.05) is 0 Å². The van der Waals surface area contributed by atoms with E-state index in [4.69, 9.17) is 0 Å². The van der Waals surface area contributed by atoms with Gasteiger partial charge in [0.1, 0.15) is 0 Å². The molecule has 0 saturated carbocycles. The van der Waals surface area contributed by atoms with E-state index in [1.807, 2.05) is 27.7 Å². The molecule has 2 aromatic rings. The van der Waals surface area contributed by atoms with Crippen LogP contribution in [0.1, 0.15) is 33.3 Å². The lowest BCUT2D eigenvalue weighted by Crippen LogP contribution is -1.72. The fraction of sp³-hybridized carbons (Fsp3) is 0.333. The first-order valence-electron chi connectivity index (χ1n) is 5.97. The first kappa shape index (κ1) is 14.9. The highest BCUT2D eigenvalue weighted by Gasteiger charge is 1.95. The van der Waals surface area contributed by atoms with Gasteiger partial charge in [0.05, 0.1) is 0 Å². The zero-order chi connectivity index (χ0) is 12.4. The smallest absolute Gasteiger partial charge is 0.0342 e. The summed E-state index contributed by atoms with van der Waals surface area (Å²) < 4.78 is 0. The Morgan fingerprint density at radius 1 is 0.812 bits per heavy atom. The molecule has 0 N–H and O–H groups in total. The van der Waals surface area contributed by atoms with Crippen LogP contribution >= 0.6 is 11.3 Å². The van der Waals surface area contributed by atoms with Gasteiger partial charge in [0.15, 0.2) is 0 Å². The summed E-state index contributed by atoms with van der Waals surface area (Å²) in [6, 6.07) is 12.9. The van der Waals surface area contributed by atoms with Crippen molar-refractivity contribution in [2.24, 2.45) is 0 Å². The van der Waals surface area contributed by atoms with Crippen LogP contribution in [0.3, 0.4) is 0 Å². The van der Waals surface area contributed by atoms with Gasteiger partial charge in [-0.2, -0.15) is 0 Å². The predicted octanol–water partition coefficient (Wildman–Crippen LogP) is 5.78. The summed E-state index contributed by atoms with van der Waals surface area (Å²) in [4.78, 5) is 1.34. The molecule has 1 heterocycles. The third-order valence-electron chi connectivity index (χ3n) is 1.86. The van der Waals surface area contributed by atoms with Crippen molar-refractivity contribution in [3.8, 4) is 10.4 Å². The monoisotopic (exact) mass is 234 g/mol. The predicted molar refractivity (Wildman–Crippen MR) is 77.2 cm³/mol. The molecule has 16 heavy (non-hydrogen) atoms. The molecule has 0 spiro atoms. The highest BCUT2D eigenvalue weighted by Crippen LogP contribution is 2.24. The Morgan fingerprint density at radius 2 is 1.38 bits per heavy atom. The number of thiophene rings is 1. The number of aryl methyl sites for hydroxylation is 1. The molecule has 0 amide bonds. The fourth-order valence-electron chi connectivity index (χ4n) is 1.16. The molecule has 2 rings (SSSR count). The molecule has 0 bridgehead atoms. The van der Waals surface area contributed by atoms with Gasteiger partial charge in [0.2, 0.25) is 0 Å². The molecular formula is C15H22S. The molecule has 1 heteroatoms. The third-order valence-corrected chi connectivity index (χ3v) is 2.78. The van der Waals surface area contributed by atoms with Crippen molar-refractivity contribution in [2.45, 2.75) is 34.6 Å². The molecule has 0 fully saturated rings. The molecule has 0 radical (unpaired) electrons. The van der Waals surface area contributed by atoms with Crippen LogP contribution in [0.15, 0.2) is 41.8 Å². The van der Waals surface area contributed by atoms with Crippen molar-refractivity contribution in [3.05, 3.63) is 47.3 Å². The number of benzene rings is 1. The quantitative estimate of drug-likeness (QED) is 0.587. The van der Waals surface area contributed by atoms with E-state index < -0.39 is 0 Å². The second kappa shape index (κ2) is 9.17. The average molecular weight is 234 g/mol. The van der Waals surface area contributed by atoms with Crippen molar-refractivity contribution >= 4 is 11.3 Å². The zero-order valence-electron chi connectivity index (χ0n) is 10.9. The Labute approximate surface area is 104 Å². The van der Waals surface area contributed by atoms with Gasteiger partial charge in [-0.05, 0) is 23.9 Å². The van der Waals surface area contributed by atoms with Gasteiger partial charge < -0.3 is 0 Å².